The van der Waals surface area contributed by atoms with E-state index in [-0.39, 0.29) is 43.2 Å². The lowest BCUT2D eigenvalue weighted by atomic mass is 10.1. The lowest BCUT2D eigenvalue weighted by Gasteiger charge is -2.30. The highest BCUT2D eigenvalue weighted by molar-refractivity contribution is 7.92. The lowest BCUT2D eigenvalue weighted by molar-refractivity contribution is -0.141. The molecule has 0 saturated carbocycles. The zero-order valence-corrected chi connectivity index (χ0v) is 22.6. The van der Waals surface area contributed by atoms with Crippen LogP contribution in [0, 0.1) is 5.82 Å². The number of hydrogen-bond donors (Lipinski definition) is 1. The van der Waals surface area contributed by atoms with Crippen molar-refractivity contribution in [2.24, 2.45) is 0 Å². The van der Waals surface area contributed by atoms with Crippen molar-refractivity contribution >= 4 is 27.5 Å². The van der Waals surface area contributed by atoms with Crippen LogP contribution in [0.25, 0.3) is 0 Å². The van der Waals surface area contributed by atoms with Gasteiger partial charge in [-0.05, 0) is 51.0 Å². The van der Waals surface area contributed by atoms with Gasteiger partial charge in [0.05, 0.1) is 17.5 Å². The summed E-state index contributed by atoms with van der Waals surface area (Å²) >= 11 is 0. The van der Waals surface area contributed by atoms with Crippen LogP contribution in [0.15, 0.2) is 48.5 Å². The molecule has 0 aliphatic carbocycles. The Labute approximate surface area is 220 Å². The molecule has 0 fully saturated rings. The van der Waals surface area contributed by atoms with Crippen molar-refractivity contribution in [2.75, 3.05) is 17.1 Å². The molecule has 2 aromatic carbocycles. The number of nitrogens with one attached hydrogen (secondary N) is 1. The summed E-state index contributed by atoms with van der Waals surface area (Å²) in [6.45, 7) is 4.75. The van der Waals surface area contributed by atoms with Crippen molar-refractivity contribution in [2.45, 2.75) is 64.8 Å². The average molecular weight is 560 g/mol. The molecule has 7 nitrogen and oxygen atoms in total. The Balaban J connectivity index is 2.23. The van der Waals surface area contributed by atoms with Gasteiger partial charge in [0.1, 0.15) is 11.9 Å². The van der Waals surface area contributed by atoms with Crippen molar-refractivity contribution in [1.82, 2.24) is 10.2 Å². The van der Waals surface area contributed by atoms with Crippen LogP contribution in [-0.4, -0.2) is 50.0 Å². The van der Waals surface area contributed by atoms with Gasteiger partial charge in [-0.1, -0.05) is 31.2 Å². The van der Waals surface area contributed by atoms with Crippen LogP contribution in [-0.2, 0) is 32.3 Å². The van der Waals surface area contributed by atoms with E-state index in [1.807, 2.05) is 6.92 Å². The molecule has 0 saturated heterocycles. The summed E-state index contributed by atoms with van der Waals surface area (Å²) in [6, 6.07) is 8.64. The van der Waals surface area contributed by atoms with Gasteiger partial charge in [0.15, 0.2) is 0 Å². The van der Waals surface area contributed by atoms with E-state index in [0.717, 1.165) is 28.8 Å². The zero-order valence-electron chi connectivity index (χ0n) is 21.8. The van der Waals surface area contributed by atoms with Gasteiger partial charge in [-0.2, -0.15) is 13.2 Å². The summed E-state index contributed by atoms with van der Waals surface area (Å²) in [4.78, 5) is 27.2. The molecule has 0 bridgehead atoms. The molecule has 2 aromatic rings. The van der Waals surface area contributed by atoms with E-state index < -0.39 is 45.4 Å². The minimum absolute atomic E-state index is 0.0460. The molecule has 1 N–H and O–H groups in total. The minimum atomic E-state index is -4.66. The predicted octanol–water partition coefficient (Wildman–Crippen LogP) is 4.72. The number of amides is 2. The highest BCUT2D eigenvalue weighted by atomic mass is 32.2. The van der Waals surface area contributed by atoms with Crippen LogP contribution in [0.1, 0.15) is 51.2 Å². The number of carbonyl (C=O) groups is 2. The number of nitrogens with zero attached hydrogens (tertiary/aromatic N) is 2. The molecule has 0 aliphatic heterocycles. The van der Waals surface area contributed by atoms with Gasteiger partial charge < -0.3 is 10.2 Å². The van der Waals surface area contributed by atoms with Crippen LogP contribution in [0.3, 0.4) is 0 Å². The highest BCUT2D eigenvalue weighted by Gasteiger charge is 2.32. The van der Waals surface area contributed by atoms with Gasteiger partial charge in [0.2, 0.25) is 21.8 Å². The zero-order chi connectivity index (χ0) is 28.7. The smallest absolute Gasteiger partial charge is 0.352 e. The van der Waals surface area contributed by atoms with Crippen LogP contribution in [0.4, 0.5) is 23.2 Å². The van der Waals surface area contributed by atoms with E-state index in [9.17, 15) is 35.6 Å². The van der Waals surface area contributed by atoms with Gasteiger partial charge in [0, 0.05) is 31.1 Å². The third kappa shape index (κ3) is 8.71. The number of carbonyl (C=O) groups excluding carboxylic acids is 2. The standard InChI is InChI=1S/C26H33F4N3O4S/c1-5-18(2)31-25(35)19(3)32(17-20-10-6-7-13-23(20)27)24(34)14-9-15-33(38(4,36)37)22-12-8-11-21(16-22)26(28,29)30/h6-8,10-13,16,18-19H,5,9,14-15,17H2,1-4H3,(H,31,35). The Morgan fingerprint density at radius 1 is 1.05 bits per heavy atom. The minimum Gasteiger partial charge on any atom is -0.352 e. The summed E-state index contributed by atoms with van der Waals surface area (Å²) in [5.41, 5.74) is -0.984. The maximum Gasteiger partial charge on any atom is 0.416 e. The Bertz CT molecular complexity index is 1220. The molecular weight excluding hydrogens is 526 g/mol. The van der Waals surface area contributed by atoms with E-state index in [2.05, 4.69) is 5.32 Å². The second-order valence-corrected chi connectivity index (χ2v) is 11.0. The van der Waals surface area contributed by atoms with E-state index >= 15 is 0 Å². The Hall–Kier alpha value is -3.15. The molecule has 0 spiro atoms. The number of rotatable bonds is 12. The predicted molar refractivity (Wildman–Crippen MR) is 137 cm³/mol. The molecular formula is C26H33F4N3O4S. The molecule has 2 unspecified atom stereocenters. The van der Waals surface area contributed by atoms with Crippen molar-refractivity contribution < 1.29 is 35.6 Å². The number of hydrogen-bond acceptors (Lipinski definition) is 4. The van der Waals surface area contributed by atoms with Crippen molar-refractivity contribution in [3.05, 3.63) is 65.5 Å². The maximum atomic E-state index is 14.3. The summed E-state index contributed by atoms with van der Waals surface area (Å²) < 4.78 is 79.3. The van der Waals surface area contributed by atoms with E-state index in [1.54, 1.807) is 13.0 Å². The third-order valence-electron chi connectivity index (χ3n) is 6.08. The Kier molecular flexibility index (Phi) is 10.7. The quantitative estimate of drug-likeness (QED) is 0.381. The summed E-state index contributed by atoms with van der Waals surface area (Å²) in [7, 11) is -3.97. The first-order chi connectivity index (χ1) is 17.6. The SMILES string of the molecule is CCC(C)NC(=O)C(C)N(Cc1ccccc1F)C(=O)CCCN(c1cccc(C(F)(F)F)c1)S(C)(=O)=O. The van der Waals surface area contributed by atoms with Crippen molar-refractivity contribution in [3.8, 4) is 0 Å². The molecule has 0 heterocycles. The molecule has 0 aromatic heterocycles. The maximum absolute atomic E-state index is 14.3. The molecule has 12 heteroatoms. The monoisotopic (exact) mass is 559 g/mol. The van der Waals surface area contributed by atoms with E-state index in [0.29, 0.717) is 6.42 Å². The number of anilines is 1. The van der Waals surface area contributed by atoms with Gasteiger partial charge in [0.25, 0.3) is 0 Å². The topological polar surface area (TPSA) is 86.8 Å². The Morgan fingerprint density at radius 2 is 1.71 bits per heavy atom. The first-order valence-electron chi connectivity index (χ1n) is 12.1. The second-order valence-electron chi connectivity index (χ2n) is 9.09. The number of alkyl halides is 3. The third-order valence-corrected chi connectivity index (χ3v) is 7.27. The fourth-order valence-corrected chi connectivity index (χ4v) is 4.66. The fraction of sp³-hybridized carbons (Fsp3) is 0.462. The molecule has 0 radical (unpaired) electrons. The van der Waals surface area contributed by atoms with Gasteiger partial charge in [-0.3, -0.25) is 13.9 Å². The first-order valence-corrected chi connectivity index (χ1v) is 14.0. The summed E-state index contributed by atoms with van der Waals surface area (Å²) in [5, 5.41) is 2.79. The van der Waals surface area contributed by atoms with Gasteiger partial charge in [-0.25, -0.2) is 12.8 Å². The molecule has 2 rings (SSSR count). The van der Waals surface area contributed by atoms with E-state index in [1.165, 1.54) is 36.1 Å². The van der Waals surface area contributed by atoms with Crippen LogP contribution >= 0.6 is 0 Å². The highest BCUT2D eigenvalue weighted by Crippen LogP contribution is 2.32. The first kappa shape index (κ1) is 31.1. The average Bonchev–Trinajstić information content (AvgIpc) is 2.84. The van der Waals surface area contributed by atoms with E-state index in [4.69, 9.17) is 0 Å². The van der Waals surface area contributed by atoms with Gasteiger partial charge >= 0.3 is 6.18 Å². The van der Waals surface area contributed by atoms with Crippen molar-refractivity contribution in [3.63, 3.8) is 0 Å². The number of benzene rings is 2. The molecule has 2 atom stereocenters. The summed E-state index contributed by atoms with van der Waals surface area (Å²) in [5.74, 6) is -1.50. The van der Waals surface area contributed by atoms with Crippen molar-refractivity contribution in [1.29, 1.82) is 0 Å². The van der Waals surface area contributed by atoms with Crippen LogP contribution < -0.4 is 9.62 Å². The van der Waals surface area contributed by atoms with Crippen LogP contribution in [0.2, 0.25) is 0 Å². The van der Waals surface area contributed by atoms with Gasteiger partial charge in [-0.15, -0.1) is 0 Å². The lowest BCUT2D eigenvalue weighted by Crippen LogP contribution is -2.49. The Morgan fingerprint density at radius 3 is 2.29 bits per heavy atom. The molecule has 2 amide bonds. The summed E-state index contributed by atoms with van der Waals surface area (Å²) in [6.07, 6.45) is -3.40. The number of sulfonamides is 1. The van der Waals surface area contributed by atoms with Crippen LogP contribution in [0.5, 0.6) is 0 Å². The number of halogens is 4. The largest absolute Gasteiger partial charge is 0.416 e. The fourth-order valence-electron chi connectivity index (χ4n) is 3.70. The molecule has 210 valence electrons. The molecule has 38 heavy (non-hydrogen) atoms. The normalized spacial score (nSPS) is 13.5. The second kappa shape index (κ2) is 13.1. The molecule has 0 aliphatic rings.